The first-order valence-electron chi connectivity index (χ1n) is 8.09. The van der Waals surface area contributed by atoms with Crippen molar-refractivity contribution in [3.8, 4) is 11.5 Å². The lowest BCUT2D eigenvalue weighted by Gasteiger charge is -2.20. The fourth-order valence-corrected chi connectivity index (χ4v) is 1.98. The molecule has 5 nitrogen and oxygen atoms in total. The van der Waals surface area contributed by atoms with Crippen LogP contribution in [-0.2, 0) is 11.3 Å². The van der Waals surface area contributed by atoms with E-state index in [2.05, 4.69) is 24.5 Å². The van der Waals surface area contributed by atoms with Crippen molar-refractivity contribution in [1.82, 2.24) is 10.6 Å². The van der Waals surface area contributed by atoms with E-state index >= 15 is 0 Å². The SMILES string of the molecule is CC[C@@H](C)NCc1ccc(OCC(=O)NC(C)(C)C)c(OC)c1. The van der Waals surface area contributed by atoms with Crippen molar-refractivity contribution in [2.75, 3.05) is 13.7 Å². The first kappa shape index (κ1) is 19.3. The van der Waals surface area contributed by atoms with Gasteiger partial charge in [0.1, 0.15) is 0 Å². The molecule has 130 valence electrons. The monoisotopic (exact) mass is 322 g/mol. The largest absolute Gasteiger partial charge is 0.493 e. The predicted octanol–water partition coefficient (Wildman–Crippen LogP) is 2.88. The Morgan fingerprint density at radius 2 is 1.96 bits per heavy atom. The zero-order valence-electron chi connectivity index (χ0n) is 15.2. The molecule has 0 fully saturated rings. The van der Waals surface area contributed by atoms with Crippen molar-refractivity contribution in [2.24, 2.45) is 0 Å². The summed E-state index contributed by atoms with van der Waals surface area (Å²) in [6.07, 6.45) is 1.08. The summed E-state index contributed by atoms with van der Waals surface area (Å²) in [7, 11) is 1.60. The van der Waals surface area contributed by atoms with Gasteiger partial charge in [-0.25, -0.2) is 0 Å². The Bertz CT molecular complexity index is 509. The van der Waals surface area contributed by atoms with E-state index in [-0.39, 0.29) is 18.1 Å². The minimum Gasteiger partial charge on any atom is -0.493 e. The Morgan fingerprint density at radius 1 is 1.26 bits per heavy atom. The van der Waals surface area contributed by atoms with Gasteiger partial charge in [-0.15, -0.1) is 0 Å². The van der Waals surface area contributed by atoms with E-state index in [0.717, 1.165) is 18.5 Å². The number of carbonyl (C=O) groups is 1. The minimum absolute atomic E-state index is 0.0297. The summed E-state index contributed by atoms with van der Waals surface area (Å²) in [5.74, 6) is 1.06. The third-order valence-corrected chi connectivity index (χ3v) is 3.37. The van der Waals surface area contributed by atoms with Gasteiger partial charge < -0.3 is 20.1 Å². The molecule has 1 aromatic rings. The van der Waals surface area contributed by atoms with Crippen LogP contribution in [0.4, 0.5) is 0 Å². The van der Waals surface area contributed by atoms with Crippen LogP contribution in [0.1, 0.15) is 46.6 Å². The highest BCUT2D eigenvalue weighted by Gasteiger charge is 2.15. The molecule has 1 atom stereocenters. The Hall–Kier alpha value is -1.75. The van der Waals surface area contributed by atoms with Gasteiger partial charge in [0.25, 0.3) is 5.91 Å². The van der Waals surface area contributed by atoms with E-state index < -0.39 is 0 Å². The molecule has 2 N–H and O–H groups in total. The van der Waals surface area contributed by atoms with Crippen molar-refractivity contribution >= 4 is 5.91 Å². The molecule has 0 saturated carbocycles. The Labute approximate surface area is 139 Å². The van der Waals surface area contributed by atoms with Gasteiger partial charge >= 0.3 is 0 Å². The number of ether oxygens (including phenoxy) is 2. The maximum Gasteiger partial charge on any atom is 0.258 e. The van der Waals surface area contributed by atoms with Crippen LogP contribution in [0.15, 0.2) is 18.2 Å². The maximum absolute atomic E-state index is 11.8. The van der Waals surface area contributed by atoms with Crippen LogP contribution in [0, 0.1) is 0 Å². The smallest absolute Gasteiger partial charge is 0.258 e. The molecule has 0 heterocycles. The number of carbonyl (C=O) groups excluding carboxylic acids is 1. The molecule has 5 heteroatoms. The zero-order valence-corrected chi connectivity index (χ0v) is 15.2. The van der Waals surface area contributed by atoms with E-state index in [4.69, 9.17) is 9.47 Å². The fraction of sp³-hybridized carbons (Fsp3) is 0.611. The van der Waals surface area contributed by atoms with Gasteiger partial charge in [0.2, 0.25) is 0 Å². The van der Waals surface area contributed by atoms with Crippen LogP contribution >= 0.6 is 0 Å². The Morgan fingerprint density at radius 3 is 2.52 bits per heavy atom. The second kappa shape index (κ2) is 8.77. The van der Waals surface area contributed by atoms with Crippen molar-refractivity contribution in [1.29, 1.82) is 0 Å². The fourth-order valence-electron chi connectivity index (χ4n) is 1.98. The van der Waals surface area contributed by atoms with E-state index in [1.807, 2.05) is 39.0 Å². The molecule has 0 aromatic heterocycles. The molecule has 0 spiro atoms. The quantitative estimate of drug-likeness (QED) is 0.772. The molecule has 23 heavy (non-hydrogen) atoms. The van der Waals surface area contributed by atoms with E-state index in [1.54, 1.807) is 7.11 Å². The van der Waals surface area contributed by atoms with Crippen molar-refractivity contribution in [3.05, 3.63) is 23.8 Å². The molecule has 0 radical (unpaired) electrons. The summed E-state index contributed by atoms with van der Waals surface area (Å²) in [5, 5.41) is 6.30. The van der Waals surface area contributed by atoms with Crippen molar-refractivity contribution < 1.29 is 14.3 Å². The van der Waals surface area contributed by atoms with E-state index in [9.17, 15) is 4.79 Å². The normalized spacial score (nSPS) is 12.6. The van der Waals surface area contributed by atoms with Gasteiger partial charge in [-0.1, -0.05) is 13.0 Å². The Balaban J connectivity index is 2.64. The lowest BCUT2D eigenvalue weighted by Crippen LogP contribution is -2.43. The molecular weight excluding hydrogens is 292 g/mol. The van der Waals surface area contributed by atoms with Crippen LogP contribution < -0.4 is 20.1 Å². The van der Waals surface area contributed by atoms with Crippen LogP contribution in [0.25, 0.3) is 0 Å². The second-order valence-corrected chi connectivity index (χ2v) is 6.76. The van der Waals surface area contributed by atoms with Gasteiger partial charge in [0.05, 0.1) is 7.11 Å². The molecule has 0 aliphatic rings. The summed E-state index contributed by atoms with van der Waals surface area (Å²) in [6, 6.07) is 6.23. The predicted molar refractivity (Wildman–Crippen MR) is 93.0 cm³/mol. The third kappa shape index (κ3) is 7.37. The van der Waals surface area contributed by atoms with Crippen molar-refractivity contribution in [3.63, 3.8) is 0 Å². The average molecular weight is 322 g/mol. The number of hydrogen-bond donors (Lipinski definition) is 2. The highest BCUT2D eigenvalue weighted by molar-refractivity contribution is 5.78. The first-order valence-corrected chi connectivity index (χ1v) is 8.09. The molecule has 1 amide bonds. The molecule has 0 unspecified atom stereocenters. The number of rotatable bonds is 8. The summed E-state index contributed by atoms with van der Waals surface area (Å²) in [6.45, 7) is 10.9. The summed E-state index contributed by atoms with van der Waals surface area (Å²) < 4.78 is 10.9. The Kier molecular flexibility index (Phi) is 7.36. The van der Waals surface area contributed by atoms with Crippen LogP contribution in [-0.4, -0.2) is 31.2 Å². The molecule has 0 bridgehead atoms. The molecule has 1 rings (SSSR count). The van der Waals surface area contributed by atoms with E-state index in [1.165, 1.54) is 0 Å². The number of benzene rings is 1. The molecular formula is C18H30N2O3. The van der Waals surface area contributed by atoms with Gasteiger partial charge in [0.15, 0.2) is 18.1 Å². The molecule has 0 aliphatic heterocycles. The van der Waals surface area contributed by atoms with Crippen molar-refractivity contribution in [2.45, 2.75) is 59.2 Å². The topological polar surface area (TPSA) is 59.6 Å². The number of methoxy groups -OCH3 is 1. The number of amides is 1. The highest BCUT2D eigenvalue weighted by Crippen LogP contribution is 2.28. The molecule has 0 aliphatic carbocycles. The third-order valence-electron chi connectivity index (χ3n) is 3.37. The van der Waals surface area contributed by atoms with Gasteiger partial charge in [-0.2, -0.15) is 0 Å². The zero-order chi connectivity index (χ0) is 17.5. The summed E-state index contributed by atoms with van der Waals surface area (Å²) in [5.41, 5.74) is 0.851. The lowest BCUT2D eigenvalue weighted by atomic mass is 10.1. The van der Waals surface area contributed by atoms with Gasteiger partial charge in [-0.3, -0.25) is 4.79 Å². The van der Waals surface area contributed by atoms with Crippen LogP contribution in [0.5, 0.6) is 11.5 Å². The number of hydrogen-bond acceptors (Lipinski definition) is 4. The maximum atomic E-state index is 11.8. The number of nitrogens with one attached hydrogen (secondary N) is 2. The standard InChI is InChI=1S/C18H30N2O3/c1-7-13(2)19-11-14-8-9-15(16(10-14)22-6)23-12-17(21)20-18(3,4)5/h8-10,13,19H,7,11-12H2,1-6H3,(H,20,21)/t13-/m1/s1. The molecule has 0 saturated heterocycles. The van der Waals surface area contributed by atoms with E-state index in [0.29, 0.717) is 17.5 Å². The average Bonchev–Trinajstić information content (AvgIpc) is 2.49. The highest BCUT2D eigenvalue weighted by atomic mass is 16.5. The van der Waals surface area contributed by atoms with Crippen LogP contribution in [0.3, 0.4) is 0 Å². The summed E-state index contributed by atoms with van der Waals surface area (Å²) >= 11 is 0. The first-order chi connectivity index (χ1) is 10.7. The van der Waals surface area contributed by atoms with Gasteiger partial charge in [0, 0.05) is 18.1 Å². The molecule has 1 aromatic carbocycles. The summed E-state index contributed by atoms with van der Waals surface area (Å²) in [4.78, 5) is 11.8. The minimum atomic E-state index is -0.268. The second-order valence-electron chi connectivity index (χ2n) is 6.76. The lowest BCUT2D eigenvalue weighted by molar-refractivity contribution is -0.124. The van der Waals surface area contributed by atoms with Crippen LogP contribution in [0.2, 0.25) is 0 Å². The van der Waals surface area contributed by atoms with Gasteiger partial charge in [-0.05, 0) is 51.8 Å².